The van der Waals surface area contributed by atoms with Crippen molar-refractivity contribution in [1.29, 1.82) is 0 Å². The van der Waals surface area contributed by atoms with Crippen molar-refractivity contribution in [3.05, 3.63) is 71.6 Å². The number of rotatable bonds is 6. The molecule has 31 heavy (non-hydrogen) atoms. The molecule has 0 amide bonds. The zero-order valence-electron chi connectivity index (χ0n) is 17.4. The maximum Gasteiger partial charge on any atom is 0.238 e. The summed E-state index contributed by atoms with van der Waals surface area (Å²) in [5, 5.41) is 9.72. The number of benzene rings is 2. The van der Waals surface area contributed by atoms with Gasteiger partial charge in [0.05, 0.1) is 11.4 Å². The van der Waals surface area contributed by atoms with Gasteiger partial charge < -0.3 is 0 Å². The fourth-order valence-electron chi connectivity index (χ4n) is 4.01. The maximum atomic E-state index is 14.9. The van der Waals surface area contributed by atoms with Gasteiger partial charge in [0.15, 0.2) is 5.82 Å². The molecule has 7 nitrogen and oxygen atoms in total. The molecule has 2 N–H and O–H groups in total. The standard InChI is InChI=1S/C22H26FN5O2S/c1-16-6-5-11-27(14-16)15-21-25-22(12-17-7-3-2-4-8-17)28(26-21)20-10-9-18(13-19(20)23)31(24,29)30/h2-4,7-10,13,16H,5-6,11-12,14-15H2,1H3,(H2,24,29,30). The topological polar surface area (TPSA) is 94.1 Å². The van der Waals surface area contributed by atoms with Crippen LogP contribution in [0, 0.1) is 11.7 Å². The third-order valence-corrected chi connectivity index (χ3v) is 6.42. The molecule has 3 aromatic rings. The van der Waals surface area contributed by atoms with Crippen molar-refractivity contribution >= 4 is 10.0 Å². The average Bonchev–Trinajstić information content (AvgIpc) is 3.09. The van der Waals surface area contributed by atoms with Crippen molar-refractivity contribution in [3.63, 3.8) is 0 Å². The van der Waals surface area contributed by atoms with E-state index in [9.17, 15) is 12.8 Å². The van der Waals surface area contributed by atoms with E-state index >= 15 is 0 Å². The quantitative estimate of drug-likeness (QED) is 0.632. The first kappa shape index (κ1) is 21.6. The van der Waals surface area contributed by atoms with E-state index in [0.29, 0.717) is 30.5 Å². The molecule has 0 radical (unpaired) electrons. The number of aromatic nitrogens is 3. The van der Waals surface area contributed by atoms with E-state index in [1.165, 1.54) is 23.2 Å². The Bertz CT molecular complexity index is 1160. The van der Waals surface area contributed by atoms with Crippen molar-refractivity contribution in [1.82, 2.24) is 19.7 Å². The molecule has 2 aromatic carbocycles. The van der Waals surface area contributed by atoms with Crippen LogP contribution in [0.4, 0.5) is 4.39 Å². The molecule has 1 aromatic heterocycles. The van der Waals surface area contributed by atoms with Crippen LogP contribution in [0.25, 0.3) is 5.69 Å². The molecule has 1 aliphatic heterocycles. The summed E-state index contributed by atoms with van der Waals surface area (Å²) in [6, 6.07) is 13.4. The van der Waals surface area contributed by atoms with Crippen molar-refractivity contribution in [3.8, 4) is 5.69 Å². The van der Waals surface area contributed by atoms with Crippen LogP contribution in [0.1, 0.15) is 37.0 Å². The molecule has 0 bridgehead atoms. The highest BCUT2D eigenvalue weighted by atomic mass is 32.2. The van der Waals surface area contributed by atoms with E-state index in [-0.39, 0.29) is 10.6 Å². The molecule has 0 aliphatic carbocycles. The second kappa shape index (κ2) is 8.86. The molecule has 0 spiro atoms. The number of nitrogens with zero attached hydrogens (tertiary/aromatic N) is 4. The van der Waals surface area contributed by atoms with Gasteiger partial charge in [-0.2, -0.15) is 0 Å². The maximum absolute atomic E-state index is 14.9. The van der Waals surface area contributed by atoms with Crippen molar-refractivity contribution in [2.45, 2.75) is 37.6 Å². The number of hydrogen-bond acceptors (Lipinski definition) is 5. The molecule has 4 rings (SSSR count). The number of likely N-dealkylation sites (tertiary alicyclic amines) is 1. The van der Waals surface area contributed by atoms with Crippen LogP contribution in [0.3, 0.4) is 0 Å². The van der Waals surface area contributed by atoms with E-state index < -0.39 is 15.8 Å². The Morgan fingerprint density at radius 1 is 1.19 bits per heavy atom. The summed E-state index contributed by atoms with van der Waals surface area (Å²) in [6.07, 6.45) is 2.84. The lowest BCUT2D eigenvalue weighted by Gasteiger charge is -2.29. The van der Waals surface area contributed by atoms with Gasteiger partial charge in [0, 0.05) is 13.0 Å². The number of halogens is 1. The zero-order chi connectivity index (χ0) is 22.0. The summed E-state index contributed by atoms with van der Waals surface area (Å²) >= 11 is 0. The third kappa shape index (κ3) is 5.17. The fourth-order valence-corrected chi connectivity index (χ4v) is 4.54. The highest BCUT2D eigenvalue weighted by Crippen LogP contribution is 2.22. The second-order valence-electron chi connectivity index (χ2n) is 8.16. The largest absolute Gasteiger partial charge is 0.296 e. The number of hydrogen-bond donors (Lipinski definition) is 1. The summed E-state index contributed by atoms with van der Waals surface area (Å²) in [6.45, 7) is 4.81. The van der Waals surface area contributed by atoms with Crippen LogP contribution in [0.15, 0.2) is 53.4 Å². The normalized spacial score (nSPS) is 17.7. The Morgan fingerprint density at radius 3 is 2.65 bits per heavy atom. The minimum absolute atomic E-state index is 0.143. The highest BCUT2D eigenvalue weighted by Gasteiger charge is 2.21. The summed E-state index contributed by atoms with van der Waals surface area (Å²) in [5.74, 6) is 1.12. The number of primary sulfonamides is 1. The van der Waals surface area contributed by atoms with Crippen LogP contribution in [-0.4, -0.2) is 41.2 Å². The predicted molar refractivity (Wildman–Crippen MR) is 116 cm³/mol. The summed E-state index contributed by atoms with van der Waals surface area (Å²) < 4.78 is 39.5. The van der Waals surface area contributed by atoms with E-state index in [1.807, 2.05) is 30.3 Å². The van der Waals surface area contributed by atoms with Gasteiger partial charge in [-0.3, -0.25) is 4.90 Å². The molecule has 0 saturated carbocycles. The van der Waals surface area contributed by atoms with Crippen LogP contribution < -0.4 is 5.14 Å². The molecule has 2 heterocycles. The molecule has 1 unspecified atom stereocenters. The number of sulfonamides is 1. The Balaban J connectivity index is 1.70. The van der Waals surface area contributed by atoms with Gasteiger partial charge in [-0.1, -0.05) is 37.3 Å². The van der Waals surface area contributed by atoms with Gasteiger partial charge >= 0.3 is 0 Å². The van der Waals surface area contributed by atoms with Gasteiger partial charge in [-0.05, 0) is 49.1 Å². The molecular formula is C22H26FN5O2S. The van der Waals surface area contributed by atoms with E-state index in [1.54, 1.807) is 0 Å². The van der Waals surface area contributed by atoms with Gasteiger partial charge in [0.1, 0.15) is 17.3 Å². The summed E-state index contributed by atoms with van der Waals surface area (Å²) in [4.78, 5) is 6.76. The van der Waals surface area contributed by atoms with Gasteiger partial charge in [-0.15, -0.1) is 5.10 Å². The van der Waals surface area contributed by atoms with Crippen molar-refractivity contribution in [2.75, 3.05) is 13.1 Å². The van der Waals surface area contributed by atoms with Gasteiger partial charge in [0.2, 0.25) is 10.0 Å². The predicted octanol–water partition coefficient (Wildman–Crippen LogP) is 2.88. The Kier molecular flexibility index (Phi) is 6.17. The Morgan fingerprint density at radius 2 is 1.97 bits per heavy atom. The van der Waals surface area contributed by atoms with E-state index in [0.717, 1.165) is 31.1 Å². The van der Waals surface area contributed by atoms with Gasteiger partial charge in [-0.25, -0.2) is 27.6 Å². The lowest BCUT2D eigenvalue weighted by atomic mass is 10.0. The van der Waals surface area contributed by atoms with E-state index in [4.69, 9.17) is 10.1 Å². The molecule has 1 atom stereocenters. The van der Waals surface area contributed by atoms with Crippen LogP contribution in [-0.2, 0) is 23.0 Å². The first-order valence-electron chi connectivity index (χ1n) is 10.3. The fraction of sp³-hybridized carbons (Fsp3) is 0.364. The number of piperidine rings is 1. The minimum Gasteiger partial charge on any atom is -0.296 e. The first-order valence-corrected chi connectivity index (χ1v) is 11.9. The summed E-state index contributed by atoms with van der Waals surface area (Å²) in [5.41, 5.74) is 1.17. The molecule has 1 fully saturated rings. The SMILES string of the molecule is CC1CCCN(Cc2nc(Cc3ccccc3)n(-c3ccc(S(N)(=O)=O)cc3F)n2)C1. The molecule has 164 valence electrons. The lowest BCUT2D eigenvalue weighted by Crippen LogP contribution is -2.34. The number of nitrogens with two attached hydrogens (primary N) is 1. The lowest BCUT2D eigenvalue weighted by molar-refractivity contribution is 0.173. The van der Waals surface area contributed by atoms with Crippen molar-refractivity contribution < 1.29 is 12.8 Å². The molecule has 1 saturated heterocycles. The van der Waals surface area contributed by atoms with Crippen molar-refractivity contribution in [2.24, 2.45) is 11.1 Å². The highest BCUT2D eigenvalue weighted by molar-refractivity contribution is 7.89. The monoisotopic (exact) mass is 443 g/mol. The molecule has 9 heteroatoms. The smallest absolute Gasteiger partial charge is 0.238 e. The first-order chi connectivity index (χ1) is 14.8. The van der Waals surface area contributed by atoms with Gasteiger partial charge in [0.25, 0.3) is 0 Å². The molecular weight excluding hydrogens is 417 g/mol. The average molecular weight is 444 g/mol. The minimum atomic E-state index is -3.99. The zero-order valence-corrected chi connectivity index (χ0v) is 18.2. The van der Waals surface area contributed by atoms with E-state index in [2.05, 4.69) is 16.9 Å². The summed E-state index contributed by atoms with van der Waals surface area (Å²) in [7, 11) is -3.99. The second-order valence-corrected chi connectivity index (χ2v) is 9.72. The Hall–Kier alpha value is -2.62. The Labute approximate surface area is 181 Å². The van der Waals surface area contributed by atoms with Crippen LogP contribution in [0.5, 0.6) is 0 Å². The third-order valence-electron chi connectivity index (χ3n) is 5.51. The van der Waals surface area contributed by atoms with Crippen LogP contribution in [0.2, 0.25) is 0 Å². The molecule has 1 aliphatic rings. The van der Waals surface area contributed by atoms with Crippen LogP contribution >= 0.6 is 0 Å².